The Labute approximate surface area is 186 Å². The molecule has 1 saturated heterocycles. The minimum Gasteiger partial charge on any atom is -0.352 e. The molecule has 5 rings (SSSR count). The average molecular weight is 430 g/mol. The van der Waals surface area contributed by atoms with Gasteiger partial charge in [0, 0.05) is 17.5 Å². The summed E-state index contributed by atoms with van der Waals surface area (Å²) in [6.07, 6.45) is 6.72. The summed E-state index contributed by atoms with van der Waals surface area (Å²) in [5.41, 5.74) is 3.78. The molecule has 4 aromatic rings. The molecule has 2 aromatic carbocycles. The van der Waals surface area contributed by atoms with Crippen LogP contribution in [0, 0.1) is 0 Å². The van der Waals surface area contributed by atoms with E-state index >= 15 is 0 Å². The molecule has 2 N–H and O–H groups in total. The van der Waals surface area contributed by atoms with Crippen molar-refractivity contribution in [2.75, 3.05) is 26.2 Å². The van der Waals surface area contributed by atoms with Crippen molar-refractivity contribution >= 4 is 16.8 Å². The zero-order valence-corrected chi connectivity index (χ0v) is 18.0. The topological polar surface area (TPSA) is 91.7 Å². The summed E-state index contributed by atoms with van der Waals surface area (Å²) in [7, 11) is 0. The van der Waals surface area contributed by atoms with Crippen LogP contribution in [0.25, 0.3) is 28.0 Å². The van der Waals surface area contributed by atoms with Crippen molar-refractivity contribution in [2.45, 2.75) is 25.7 Å². The van der Waals surface area contributed by atoms with E-state index in [2.05, 4.69) is 30.7 Å². The summed E-state index contributed by atoms with van der Waals surface area (Å²) in [5, 5.41) is 20.0. The van der Waals surface area contributed by atoms with Crippen molar-refractivity contribution in [1.82, 2.24) is 35.4 Å². The van der Waals surface area contributed by atoms with Crippen molar-refractivity contribution in [1.29, 1.82) is 0 Å². The predicted octanol–water partition coefficient (Wildman–Crippen LogP) is 3.42. The third kappa shape index (κ3) is 4.40. The first kappa shape index (κ1) is 20.4. The number of fused-ring (bicyclic) bond motifs is 1. The number of hydrogen-bond acceptors (Lipinski definition) is 5. The minimum atomic E-state index is -0.0656. The second kappa shape index (κ2) is 9.32. The van der Waals surface area contributed by atoms with Crippen LogP contribution in [0.1, 0.15) is 36.0 Å². The highest BCUT2D eigenvalue weighted by Crippen LogP contribution is 2.24. The van der Waals surface area contributed by atoms with Crippen LogP contribution < -0.4 is 5.32 Å². The van der Waals surface area contributed by atoms with Crippen LogP contribution in [-0.4, -0.2) is 62.2 Å². The standard InChI is InChI=1S/C24H27N7O/c32-24(25-12-7-15-30-13-4-1-5-14-30)18-8-6-9-19(16-18)31-17-22(27-29-31)23-20-10-2-3-11-21(20)26-28-23/h2-3,6,8-11,16-17H,1,4-5,7,12-15H2,(H,25,32)(H,26,28). The van der Waals surface area contributed by atoms with Crippen LogP contribution in [0.5, 0.6) is 0 Å². The molecule has 8 heteroatoms. The molecule has 1 fully saturated rings. The number of benzene rings is 2. The van der Waals surface area contributed by atoms with E-state index in [1.165, 1.54) is 32.4 Å². The fraction of sp³-hybridized carbons (Fsp3) is 0.333. The molecule has 1 aliphatic heterocycles. The Hall–Kier alpha value is -3.52. The summed E-state index contributed by atoms with van der Waals surface area (Å²) in [6.45, 7) is 4.09. The van der Waals surface area contributed by atoms with Gasteiger partial charge >= 0.3 is 0 Å². The lowest BCUT2D eigenvalue weighted by Crippen LogP contribution is -2.33. The summed E-state index contributed by atoms with van der Waals surface area (Å²) >= 11 is 0. The monoisotopic (exact) mass is 429 g/mol. The van der Waals surface area contributed by atoms with Crippen molar-refractivity contribution in [2.24, 2.45) is 0 Å². The summed E-state index contributed by atoms with van der Waals surface area (Å²) in [5.74, 6) is -0.0656. The molecule has 0 aliphatic carbocycles. The molecule has 0 radical (unpaired) electrons. The van der Waals surface area contributed by atoms with E-state index in [0.29, 0.717) is 17.8 Å². The first-order valence-electron chi connectivity index (χ1n) is 11.2. The molecule has 164 valence electrons. The number of likely N-dealkylation sites (tertiary alicyclic amines) is 1. The number of hydrogen-bond donors (Lipinski definition) is 2. The number of para-hydroxylation sites is 1. The van der Waals surface area contributed by atoms with E-state index in [9.17, 15) is 4.79 Å². The van der Waals surface area contributed by atoms with Crippen molar-refractivity contribution in [3.63, 3.8) is 0 Å². The van der Waals surface area contributed by atoms with E-state index < -0.39 is 0 Å². The van der Waals surface area contributed by atoms with Gasteiger partial charge in [0.1, 0.15) is 11.4 Å². The van der Waals surface area contributed by atoms with Gasteiger partial charge in [-0.25, -0.2) is 4.68 Å². The third-order valence-corrected chi connectivity index (χ3v) is 5.96. The van der Waals surface area contributed by atoms with Crippen molar-refractivity contribution in [3.05, 3.63) is 60.3 Å². The van der Waals surface area contributed by atoms with Crippen molar-refractivity contribution in [3.8, 4) is 17.1 Å². The first-order chi connectivity index (χ1) is 15.8. The van der Waals surface area contributed by atoms with Gasteiger partial charge in [-0.2, -0.15) is 5.10 Å². The first-order valence-corrected chi connectivity index (χ1v) is 11.2. The Morgan fingerprint density at radius 1 is 1.06 bits per heavy atom. The van der Waals surface area contributed by atoms with E-state index in [1.807, 2.05) is 54.7 Å². The smallest absolute Gasteiger partial charge is 0.251 e. The van der Waals surface area contributed by atoms with Crippen LogP contribution in [0.2, 0.25) is 0 Å². The molecule has 32 heavy (non-hydrogen) atoms. The zero-order chi connectivity index (χ0) is 21.8. The number of piperidine rings is 1. The SMILES string of the molecule is O=C(NCCCN1CCCCC1)c1cccc(-n2cc(-c3n[nH]c4ccccc34)nn2)c1. The number of aromatic amines is 1. The zero-order valence-electron chi connectivity index (χ0n) is 18.0. The highest BCUT2D eigenvalue weighted by atomic mass is 16.1. The Morgan fingerprint density at radius 3 is 2.84 bits per heavy atom. The number of amides is 1. The van der Waals surface area contributed by atoms with Gasteiger partial charge in [0.2, 0.25) is 0 Å². The predicted molar refractivity (Wildman–Crippen MR) is 124 cm³/mol. The highest BCUT2D eigenvalue weighted by Gasteiger charge is 2.14. The molecule has 0 atom stereocenters. The molecule has 1 aliphatic rings. The van der Waals surface area contributed by atoms with Crippen LogP contribution in [0.3, 0.4) is 0 Å². The second-order valence-electron chi connectivity index (χ2n) is 8.23. The normalized spacial score (nSPS) is 14.6. The molecular formula is C24H27N7O. The lowest BCUT2D eigenvalue weighted by atomic mass is 10.1. The average Bonchev–Trinajstić information content (AvgIpc) is 3.50. The molecule has 0 saturated carbocycles. The van der Waals surface area contributed by atoms with Crippen LogP contribution in [0.15, 0.2) is 54.7 Å². The maximum atomic E-state index is 12.6. The molecule has 3 heterocycles. The maximum Gasteiger partial charge on any atom is 0.251 e. The fourth-order valence-electron chi connectivity index (χ4n) is 4.24. The van der Waals surface area contributed by atoms with E-state index in [1.54, 1.807) is 4.68 Å². The van der Waals surface area contributed by atoms with Crippen molar-refractivity contribution < 1.29 is 4.79 Å². The van der Waals surface area contributed by atoms with Crippen LogP contribution in [-0.2, 0) is 0 Å². The lowest BCUT2D eigenvalue weighted by Gasteiger charge is -2.26. The molecule has 0 bridgehead atoms. The third-order valence-electron chi connectivity index (χ3n) is 5.96. The quantitative estimate of drug-likeness (QED) is 0.439. The van der Waals surface area contributed by atoms with Crippen LogP contribution >= 0.6 is 0 Å². The second-order valence-corrected chi connectivity index (χ2v) is 8.23. The molecule has 8 nitrogen and oxygen atoms in total. The number of carbonyl (C=O) groups is 1. The molecular weight excluding hydrogens is 402 g/mol. The van der Waals surface area contributed by atoms with Gasteiger partial charge in [0.25, 0.3) is 5.91 Å². The fourth-order valence-corrected chi connectivity index (χ4v) is 4.24. The van der Waals surface area contributed by atoms with Gasteiger partial charge in [-0.05, 0) is 63.2 Å². The van der Waals surface area contributed by atoms with E-state index in [0.717, 1.165) is 35.2 Å². The van der Waals surface area contributed by atoms with E-state index in [-0.39, 0.29) is 5.91 Å². The lowest BCUT2D eigenvalue weighted by molar-refractivity contribution is 0.0951. The number of nitrogens with zero attached hydrogens (tertiary/aromatic N) is 5. The van der Waals surface area contributed by atoms with E-state index in [4.69, 9.17) is 0 Å². The molecule has 1 amide bonds. The number of aromatic nitrogens is 5. The van der Waals surface area contributed by atoms with Gasteiger partial charge in [-0.1, -0.05) is 35.9 Å². The molecule has 2 aromatic heterocycles. The molecule has 0 unspecified atom stereocenters. The molecule has 0 spiro atoms. The number of nitrogens with one attached hydrogen (secondary N) is 2. The Bertz CT molecular complexity index is 1210. The summed E-state index contributed by atoms with van der Waals surface area (Å²) < 4.78 is 1.67. The number of carbonyl (C=O) groups excluding carboxylic acids is 1. The van der Waals surface area contributed by atoms with Gasteiger partial charge in [-0.15, -0.1) is 5.10 Å². The highest BCUT2D eigenvalue weighted by molar-refractivity contribution is 5.94. The Morgan fingerprint density at radius 2 is 1.94 bits per heavy atom. The summed E-state index contributed by atoms with van der Waals surface area (Å²) in [6, 6.07) is 15.3. The van der Waals surface area contributed by atoms with Gasteiger partial charge in [0.05, 0.1) is 17.4 Å². The largest absolute Gasteiger partial charge is 0.352 e. The van der Waals surface area contributed by atoms with Crippen LogP contribution in [0.4, 0.5) is 0 Å². The number of rotatable bonds is 7. The minimum absolute atomic E-state index is 0.0656. The maximum absolute atomic E-state index is 12.6. The Kier molecular flexibility index (Phi) is 5.93. The summed E-state index contributed by atoms with van der Waals surface area (Å²) in [4.78, 5) is 15.1. The van der Waals surface area contributed by atoms with Gasteiger partial charge in [0.15, 0.2) is 0 Å². The number of H-pyrrole nitrogens is 1. The van der Waals surface area contributed by atoms with Gasteiger partial charge in [-0.3, -0.25) is 9.89 Å². The van der Waals surface area contributed by atoms with Gasteiger partial charge < -0.3 is 10.2 Å². The Balaban J connectivity index is 1.23.